The van der Waals surface area contributed by atoms with Crippen LogP contribution in [0.15, 0.2) is 0 Å². The standard InChI is InChI=1S/C9H19O6P/c1-6(2)13-5-9-8(4-7(3)14-9)15-16(10,11)12/h6-9H,4-5H2,1-3H3,(H2,10,11,12). The van der Waals surface area contributed by atoms with E-state index < -0.39 is 20.0 Å². The van der Waals surface area contributed by atoms with Gasteiger partial charge in [-0.05, 0) is 20.8 Å². The summed E-state index contributed by atoms with van der Waals surface area (Å²) in [4.78, 5) is 17.5. The van der Waals surface area contributed by atoms with Gasteiger partial charge in [-0.15, -0.1) is 0 Å². The molecule has 1 saturated heterocycles. The van der Waals surface area contributed by atoms with Crippen molar-refractivity contribution in [2.75, 3.05) is 6.61 Å². The normalized spacial score (nSPS) is 31.2. The SMILES string of the molecule is CC(C)OCC1OC(C)CC1OP(=O)(O)O. The molecule has 0 aromatic rings. The Kier molecular flexibility index (Phi) is 4.91. The molecule has 1 rings (SSSR count). The highest BCUT2D eigenvalue weighted by molar-refractivity contribution is 7.46. The van der Waals surface area contributed by atoms with E-state index in [2.05, 4.69) is 4.52 Å². The van der Waals surface area contributed by atoms with Crippen molar-refractivity contribution in [3.05, 3.63) is 0 Å². The molecule has 1 aliphatic heterocycles. The molecule has 6 nitrogen and oxygen atoms in total. The van der Waals surface area contributed by atoms with Crippen molar-refractivity contribution in [1.29, 1.82) is 0 Å². The molecule has 2 N–H and O–H groups in total. The zero-order chi connectivity index (χ0) is 12.3. The van der Waals surface area contributed by atoms with E-state index >= 15 is 0 Å². The van der Waals surface area contributed by atoms with Gasteiger partial charge in [0.05, 0.1) is 18.8 Å². The van der Waals surface area contributed by atoms with Crippen LogP contribution in [-0.2, 0) is 18.6 Å². The first kappa shape index (κ1) is 14.1. The maximum Gasteiger partial charge on any atom is 0.469 e. The van der Waals surface area contributed by atoms with Crippen LogP contribution >= 0.6 is 7.82 Å². The van der Waals surface area contributed by atoms with Gasteiger partial charge >= 0.3 is 7.82 Å². The van der Waals surface area contributed by atoms with Gasteiger partial charge in [0.15, 0.2) is 0 Å². The third-order valence-electron chi connectivity index (χ3n) is 2.25. The number of hydrogen-bond acceptors (Lipinski definition) is 4. The largest absolute Gasteiger partial charge is 0.469 e. The third-order valence-corrected chi connectivity index (χ3v) is 2.80. The number of ether oxygens (including phenoxy) is 2. The van der Waals surface area contributed by atoms with Crippen LogP contribution in [0.2, 0.25) is 0 Å². The molecule has 0 aromatic carbocycles. The first-order valence-corrected chi connectivity index (χ1v) is 6.82. The summed E-state index contributed by atoms with van der Waals surface area (Å²) < 4.78 is 26.3. The van der Waals surface area contributed by atoms with Crippen LogP contribution in [0, 0.1) is 0 Å². The highest BCUT2D eigenvalue weighted by Gasteiger charge is 2.38. The summed E-state index contributed by atoms with van der Waals surface area (Å²) in [5.41, 5.74) is 0. The van der Waals surface area contributed by atoms with Gasteiger partial charge in [-0.2, -0.15) is 0 Å². The quantitative estimate of drug-likeness (QED) is 0.714. The summed E-state index contributed by atoms with van der Waals surface area (Å²) in [6, 6.07) is 0. The van der Waals surface area contributed by atoms with Gasteiger partial charge in [0.1, 0.15) is 12.2 Å². The number of phosphoric ester groups is 1. The van der Waals surface area contributed by atoms with Gasteiger partial charge in [-0.3, -0.25) is 4.52 Å². The Morgan fingerprint density at radius 2 is 2.12 bits per heavy atom. The molecule has 16 heavy (non-hydrogen) atoms. The van der Waals surface area contributed by atoms with Gasteiger partial charge in [0.25, 0.3) is 0 Å². The van der Waals surface area contributed by atoms with E-state index in [9.17, 15) is 4.57 Å². The van der Waals surface area contributed by atoms with E-state index in [-0.39, 0.29) is 18.8 Å². The number of hydrogen-bond donors (Lipinski definition) is 2. The lowest BCUT2D eigenvalue weighted by atomic mass is 10.1. The van der Waals surface area contributed by atoms with Crippen LogP contribution in [0.3, 0.4) is 0 Å². The highest BCUT2D eigenvalue weighted by Crippen LogP contribution is 2.41. The van der Waals surface area contributed by atoms with Crippen LogP contribution in [0.4, 0.5) is 0 Å². The fourth-order valence-corrected chi connectivity index (χ4v) is 2.22. The number of rotatable bonds is 5. The van der Waals surface area contributed by atoms with Crippen molar-refractivity contribution >= 4 is 7.82 Å². The van der Waals surface area contributed by atoms with Gasteiger partial charge in [0, 0.05) is 6.42 Å². The second-order valence-corrected chi connectivity index (χ2v) is 5.43. The van der Waals surface area contributed by atoms with Crippen molar-refractivity contribution in [3.63, 3.8) is 0 Å². The van der Waals surface area contributed by atoms with Crippen molar-refractivity contribution in [2.24, 2.45) is 0 Å². The Morgan fingerprint density at radius 3 is 2.62 bits per heavy atom. The Hall–Kier alpha value is 0.0300. The molecule has 3 unspecified atom stereocenters. The lowest BCUT2D eigenvalue weighted by molar-refractivity contribution is -0.0542. The molecular weight excluding hydrogens is 235 g/mol. The molecule has 0 aliphatic carbocycles. The van der Waals surface area contributed by atoms with Crippen LogP contribution in [0.1, 0.15) is 27.2 Å². The second-order valence-electron chi connectivity index (χ2n) is 4.24. The van der Waals surface area contributed by atoms with Gasteiger partial charge in [-0.25, -0.2) is 4.57 Å². The fourth-order valence-electron chi connectivity index (χ4n) is 1.64. The minimum atomic E-state index is -4.46. The maximum absolute atomic E-state index is 10.8. The molecule has 1 fully saturated rings. The predicted molar refractivity (Wildman–Crippen MR) is 57.0 cm³/mol. The summed E-state index contributed by atoms with van der Waals surface area (Å²) in [6.07, 6.45) is -0.566. The van der Waals surface area contributed by atoms with Crippen LogP contribution in [-0.4, -0.2) is 40.8 Å². The van der Waals surface area contributed by atoms with Crippen LogP contribution in [0.25, 0.3) is 0 Å². The minimum absolute atomic E-state index is 0.0511. The minimum Gasteiger partial charge on any atom is -0.376 e. The summed E-state index contributed by atoms with van der Waals surface area (Å²) >= 11 is 0. The molecule has 0 saturated carbocycles. The predicted octanol–water partition coefficient (Wildman–Crippen LogP) is 1.07. The molecule has 96 valence electrons. The zero-order valence-electron chi connectivity index (χ0n) is 9.70. The van der Waals surface area contributed by atoms with E-state index in [1.165, 1.54) is 0 Å². The van der Waals surface area contributed by atoms with Crippen LogP contribution < -0.4 is 0 Å². The smallest absolute Gasteiger partial charge is 0.376 e. The summed E-state index contributed by atoms with van der Waals surface area (Å²) in [7, 11) is -4.46. The van der Waals surface area contributed by atoms with Crippen LogP contribution in [0.5, 0.6) is 0 Å². The van der Waals surface area contributed by atoms with E-state index in [1.54, 1.807) is 0 Å². The molecule has 0 spiro atoms. The monoisotopic (exact) mass is 254 g/mol. The van der Waals surface area contributed by atoms with E-state index in [0.717, 1.165) is 0 Å². The van der Waals surface area contributed by atoms with Gasteiger partial charge in [-0.1, -0.05) is 0 Å². The third kappa shape index (κ3) is 4.91. The Labute approximate surface area is 95.1 Å². The van der Waals surface area contributed by atoms with Crippen molar-refractivity contribution in [3.8, 4) is 0 Å². The lowest BCUT2D eigenvalue weighted by Crippen LogP contribution is -2.29. The average molecular weight is 254 g/mol. The molecule has 0 bridgehead atoms. The number of phosphoric acid groups is 1. The van der Waals surface area contributed by atoms with Crippen molar-refractivity contribution in [2.45, 2.75) is 51.6 Å². The first-order chi connectivity index (χ1) is 7.28. The Bertz CT molecular complexity index is 263. The topological polar surface area (TPSA) is 85.2 Å². The van der Waals surface area contributed by atoms with E-state index in [0.29, 0.717) is 6.42 Å². The molecule has 0 radical (unpaired) electrons. The Balaban J connectivity index is 2.49. The molecular formula is C9H19O6P. The molecule has 1 aliphatic rings. The molecule has 1 heterocycles. The maximum atomic E-state index is 10.8. The Morgan fingerprint density at radius 1 is 1.50 bits per heavy atom. The average Bonchev–Trinajstić information content (AvgIpc) is 2.39. The van der Waals surface area contributed by atoms with Gasteiger partial charge < -0.3 is 19.3 Å². The molecule has 7 heteroatoms. The first-order valence-electron chi connectivity index (χ1n) is 5.29. The van der Waals surface area contributed by atoms with Crippen molar-refractivity contribution in [1.82, 2.24) is 0 Å². The van der Waals surface area contributed by atoms with Gasteiger partial charge in [0.2, 0.25) is 0 Å². The second kappa shape index (κ2) is 5.58. The highest BCUT2D eigenvalue weighted by atomic mass is 31.2. The summed E-state index contributed by atoms with van der Waals surface area (Å²) in [6.45, 7) is 5.90. The molecule has 0 amide bonds. The summed E-state index contributed by atoms with van der Waals surface area (Å²) in [5, 5.41) is 0. The summed E-state index contributed by atoms with van der Waals surface area (Å²) in [5.74, 6) is 0. The van der Waals surface area contributed by atoms with E-state index in [1.807, 2.05) is 20.8 Å². The molecule has 3 atom stereocenters. The fraction of sp³-hybridized carbons (Fsp3) is 1.00. The van der Waals surface area contributed by atoms with E-state index in [4.69, 9.17) is 19.3 Å². The lowest BCUT2D eigenvalue weighted by Gasteiger charge is -2.20. The van der Waals surface area contributed by atoms with Crippen molar-refractivity contribution < 1.29 is 28.3 Å². The molecule has 0 aromatic heterocycles. The zero-order valence-corrected chi connectivity index (χ0v) is 10.6.